The fourth-order valence-corrected chi connectivity index (χ4v) is 3.70. The SMILES string of the molecule is COC(=O)CC1C(=O)NCCN1C(=O)CSc1nnc(C)s1. The number of ether oxygens (including phenoxy) is 1. The Morgan fingerprint density at radius 1 is 1.50 bits per heavy atom. The van der Waals surface area contributed by atoms with Crippen molar-refractivity contribution in [1.29, 1.82) is 0 Å². The van der Waals surface area contributed by atoms with Crippen LogP contribution in [0.2, 0.25) is 0 Å². The number of carbonyl (C=O) groups is 3. The molecule has 2 heterocycles. The van der Waals surface area contributed by atoms with E-state index in [-0.39, 0.29) is 24.0 Å². The smallest absolute Gasteiger partial charge is 0.308 e. The Morgan fingerprint density at radius 2 is 2.27 bits per heavy atom. The molecule has 1 atom stereocenters. The Balaban J connectivity index is 1.98. The molecule has 120 valence electrons. The number of rotatable bonds is 5. The van der Waals surface area contributed by atoms with Crippen molar-refractivity contribution >= 4 is 40.9 Å². The molecule has 2 rings (SSSR count). The van der Waals surface area contributed by atoms with Crippen LogP contribution in [0.1, 0.15) is 11.4 Å². The van der Waals surface area contributed by atoms with Gasteiger partial charge in [0, 0.05) is 13.1 Å². The largest absolute Gasteiger partial charge is 0.469 e. The molecule has 1 saturated heterocycles. The Morgan fingerprint density at radius 3 is 2.91 bits per heavy atom. The van der Waals surface area contributed by atoms with Crippen molar-refractivity contribution in [3.63, 3.8) is 0 Å². The number of hydrogen-bond donors (Lipinski definition) is 1. The highest BCUT2D eigenvalue weighted by Crippen LogP contribution is 2.23. The van der Waals surface area contributed by atoms with Gasteiger partial charge in [-0.15, -0.1) is 10.2 Å². The standard InChI is InChI=1S/C12H16N4O4S2/c1-7-14-15-12(22-7)21-6-9(17)16-4-3-13-11(19)8(16)5-10(18)20-2/h8H,3-6H2,1-2H3,(H,13,19). The number of piperazine rings is 1. The van der Waals surface area contributed by atoms with Crippen molar-refractivity contribution in [1.82, 2.24) is 20.4 Å². The number of thioether (sulfide) groups is 1. The summed E-state index contributed by atoms with van der Waals surface area (Å²) in [5.74, 6) is -0.907. The third-order valence-corrected chi connectivity index (χ3v) is 5.02. The molecule has 8 nitrogen and oxygen atoms in total. The summed E-state index contributed by atoms with van der Waals surface area (Å²) < 4.78 is 5.29. The predicted molar refractivity (Wildman–Crippen MR) is 80.5 cm³/mol. The summed E-state index contributed by atoms with van der Waals surface area (Å²) in [6.07, 6.45) is -0.142. The Hall–Kier alpha value is -1.68. The molecule has 1 fully saturated rings. The Labute approximate surface area is 135 Å². The monoisotopic (exact) mass is 344 g/mol. The van der Waals surface area contributed by atoms with Gasteiger partial charge in [0.25, 0.3) is 0 Å². The molecule has 1 aliphatic heterocycles. The van der Waals surface area contributed by atoms with Crippen LogP contribution in [0.5, 0.6) is 0 Å². The second-order valence-electron chi connectivity index (χ2n) is 4.55. The van der Waals surface area contributed by atoms with Gasteiger partial charge in [0.2, 0.25) is 11.8 Å². The van der Waals surface area contributed by atoms with Gasteiger partial charge < -0.3 is 15.0 Å². The van der Waals surface area contributed by atoms with E-state index in [2.05, 4.69) is 20.3 Å². The van der Waals surface area contributed by atoms with Crippen molar-refractivity contribution in [3.8, 4) is 0 Å². The average Bonchev–Trinajstić information content (AvgIpc) is 2.92. The maximum atomic E-state index is 12.3. The van der Waals surface area contributed by atoms with E-state index >= 15 is 0 Å². The molecule has 1 aliphatic rings. The van der Waals surface area contributed by atoms with Crippen LogP contribution < -0.4 is 5.32 Å². The number of aromatic nitrogens is 2. The van der Waals surface area contributed by atoms with E-state index in [4.69, 9.17) is 0 Å². The molecule has 0 aromatic carbocycles. The van der Waals surface area contributed by atoms with Gasteiger partial charge in [0.05, 0.1) is 19.3 Å². The highest BCUT2D eigenvalue weighted by Gasteiger charge is 2.34. The van der Waals surface area contributed by atoms with Crippen LogP contribution in [0.3, 0.4) is 0 Å². The van der Waals surface area contributed by atoms with Crippen molar-refractivity contribution in [2.45, 2.75) is 23.7 Å². The minimum Gasteiger partial charge on any atom is -0.469 e. The van der Waals surface area contributed by atoms with Crippen molar-refractivity contribution in [3.05, 3.63) is 5.01 Å². The maximum absolute atomic E-state index is 12.3. The van der Waals surface area contributed by atoms with E-state index in [0.29, 0.717) is 17.4 Å². The third kappa shape index (κ3) is 4.17. The third-order valence-electron chi connectivity index (χ3n) is 3.07. The number of nitrogens with one attached hydrogen (secondary N) is 1. The molecule has 1 N–H and O–H groups in total. The second-order valence-corrected chi connectivity index (χ2v) is 6.95. The quantitative estimate of drug-likeness (QED) is 0.584. The van der Waals surface area contributed by atoms with Gasteiger partial charge >= 0.3 is 5.97 Å². The fourth-order valence-electron chi connectivity index (χ4n) is 2.00. The van der Waals surface area contributed by atoms with Gasteiger partial charge in [-0.2, -0.15) is 0 Å². The minimum atomic E-state index is -0.814. The number of aryl methyl sites for hydroxylation is 1. The number of methoxy groups -OCH3 is 1. The number of nitrogens with zero attached hydrogens (tertiary/aromatic N) is 3. The molecule has 1 aromatic heterocycles. The number of carbonyl (C=O) groups excluding carboxylic acids is 3. The van der Waals surface area contributed by atoms with E-state index in [1.807, 2.05) is 6.92 Å². The van der Waals surface area contributed by atoms with Crippen molar-refractivity contribution in [2.24, 2.45) is 0 Å². The molecule has 0 aliphatic carbocycles. The van der Waals surface area contributed by atoms with Crippen molar-refractivity contribution in [2.75, 3.05) is 26.0 Å². The molecule has 2 amide bonds. The van der Waals surface area contributed by atoms with E-state index in [0.717, 1.165) is 5.01 Å². The van der Waals surface area contributed by atoms with Crippen LogP contribution in [0.4, 0.5) is 0 Å². The van der Waals surface area contributed by atoms with Gasteiger partial charge in [-0.05, 0) is 6.92 Å². The molecule has 0 spiro atoms. The minimum absolute atomic E-state index is 0.142. The van der Waals surface area contributed by atoms with Crippen LogP contribution in [-0.2, 0) is 19.1 Å². The lowest BCUT2D eigenvalue weighted by Crippen LogP contribution is -2.58. The molecule has 0 bridgehead atoms. The van der Waals surface area contributed by atoms with Crippen LogP contribution in [-0.4, -0.2) is 64.9 Å². The zero-order valence-corrected chi connectivity index (χ0v) is 13.8. The van der Waals surface area contributed by atoms with Crippen LogP contribution in [0.25, 0.3) is 0 Å². The summed E-state index contributed by atoms with van der Waals surface area (Å²) in [4.78, 5) is 37.1. The van der Waals surface area contributed by atoms with Crippen LogP contribution >= 0.6 is 23.1 Å². The average molecular weight is 344 g/mol. The summed E-state index contributed by atoms with van der Waals surface area (Å²) in [7, 11) is 1.25. The zero-order valence-electron chi connectivity index (χ0n) is 12.2. The normalized spacial score (nSPS) is 18.0. The lowest BCUT2D eigenvalue weighted by atomic mass is 10.1. The lowest BCUT2D eigenvalue weighted by molar-refractivity contribution is -0.149. The molecule has 0 saturated carbocycles. The topological polar surface area (TPSA) is 101 Å². The molecule has 1 aromatic rings. The van der Waals surface area contributed by atoms with E-state index in [1.165, 1.54) is 35.1 Å². The first-order valence-corrected chi connectivity index (χ1v) is 8.38. The maximum Gasteiger partial charge on any atom is 0.308 e. The predicted octanol–water partition coefficient (Wildman–Crippen LogP) is -0.171. The van der Waals surface area contributed by atoms with Crippen LogP contribution in [0.15, 0.2) is 4.34 Å². The molecular weight excluding hydrogens is 328 g/mol. The summed E-state index contributed by atoms with van der Waals surface area (Å²) in [5, 5.41) is 11.3. The number of esters is 1. The van der Waals surface area contributed by atoms with Gasteiger partial charge in [-0.25, -0.2) is 0 Å². The molecule has 22 heavy (non-hydrogen) atoms. The fraction of sp³-hybridized carbons (Fsp3) is 0.583. The summed E-state index contributed by atoms with van der Waals surface area (Å²) in [6.45, 7) is 2.59. The van der Waals surface area contributed by atoms with Gasteiger partial charge in [0.1, 0.15) is 11.0 Å². The van der Waals surface area contributed by atoms with E-state index in [1.54, 1.807) is 0 Å². The molecule has 1 unspecified atom stereocenters. The highest BCUT2D eigenvalue weighted by atomic mass is 32.2. The van der Waals surface area contributed by atoms with Gasteiger partial charge in [-0.3, -0.25) is 14.4 Å². The number of amides is 2. The lowest BCUT2D eigenvalue weighted by Gasteiger charge is -2.34. The van der Waals surface area contributed by atoms with E-state index in [9.17, 15) is 14.4 Å². The van der Waals surface area contributed by atoms with Gasteiger partial charge in [0.15, 0.2) is 4.34 Å². The molecule has 0 radical (unpaired) electrons. The first-order chi connectivity index (χ1) is 10.5. The first-order valence-electron chi connectivity index (χ1n) is 6.58. The molecule has 10 heteroatoms. The first kappa shape index (κ1) is 16.7. The second kappa shape index (κ2) is 7.54. The van der Waals surface area contributed by atoms with Crippen LogP contribution in [0, 0.1) is 6.92 Å². The Kier molecular flexibility index (Phi) is 5.72. The number of hydrogen-bond acceptors (Lipinski definition) is 8. The van der Waals surface area contributed by atoms with Gasteiger partial charge in [-0.1, -0.05) is 23.1 Å². The Bertz CT molecular complexity index is 577. The highest BCUT2D eigenvalue weighted by molar-refractivity contribution is 8.01. The summed E-state index contributed by atoms with van der Waals surface area (Å²) >= 11 is 2.69. The van der Waals surface area contributed by atoms with Crippen molar-refractivity contribution < 1.29 is 19.1 Å². The zero-order chi connectivity index (χ0) is 16.1. The summed E-state index contributed by atoms with van der Waals surface area (Å²) in [5.41, 5.74) is 0. The molecular formula is C12H16N4O4S2. The summed E-state index contributed by atoms with van der Waals surface area (Å²) in [6, 6.07) is -0.814. The van der Waals surface area contributed by atoms with E-state index < -0.39 is 12.0 Å².